The Labute approximate surface area is 124 Å². The number of methoxy groups -OCH3 is 1. The highest BCUT2D eigenvalue weighted by molar-refractivity contribution is 6.31. The fraction of sp³-hybridized carbons (Fsp3) is 0.250. The smallest absolute Gasteiger partial charge is 0.339 e. The number of aromatic carboxylic acids is 1. The van der Waals surface area contributed by atoms with Gasteiger partial charge in [0.05, 0.1) is 7.11 Å². The van der Waals surface area contributed by atoms with Gasteiger partial charge >= 0.3 is 12.0 Å². The first-order valence-electron chi connectivity index (χ1n) is 5.64. The summed E-state index contributed by atoms with van der Waals surface area (Å²) in [5, 5.41) is 11.1. The zero-order valence-electron chi connectivity index (χ0n) is 11.2. The van der Waals surface area contributed by atoms with Gasteiger partial charge in [-0.3, -0.25) is 10.1 Å². The molecule has 0 aliphatic rings. The van der Waals surface area contributed by atoms with E-state index in [2.05, 4.69) is 0 Å². The van der Waals surface area contributed by atoms with Gasteiger partial charge in [-0.05, 0) is 13.0 Å². The number of ether oxygens (including phenoxy) is 2. The van der Waals surface area contributed by atoms with E-state index >= 15 is 0 Å². The highest BCUT2D eigenvalue weighted by Crippen LogP contribution is 2.35. The average Bonchev–Trinajstić information content (AvgIpc) is 2.38. The maximum absolute atomic E-state index is 11.6. The summed E-state index contributed by atoms with van der Waals surface area (Å²) in [5.74, 6) is -2.27. The largest absolute Gasteiger partial charge is 0.493 e. The molecule has 3 amide bonds. The monoisotopic (exact) mass is 316 g/mol. The van der Waals surface area contributed by atoms with E-state index in [4.69, 9.17) is 31.9 Å². The number of benzene rings is 1. The van der Waals surface area contributed by atoms with E-state index in [0.29, 0.717) is 0 Å². The molecule has 21 heavy (non-hydrogen) atoms. The third-order valence-corrected chi connectivity index (χ3v) is 2.60. The summed E-state index contributed by atoms with van der Waals surface area (Å²) in [6.45, 7) is 1.32. The number of carboxylic acid groups (broad SMARTS) is 1. The van der Waals surface area contributed by atoms with Crippen LogP contribution in [-0.4, -0.2) is 36.2 Å². The summed E-state index contributed by atoms with van der Waals surface area (Å²) < 4.78 is 10.2. The molecule has 0 aliphatic heterocycles. The fourth-order valence-corrected chi connectivity index (χ4v) is 1.66. The van der Waals surface area contributed by atoms with Crippen LogP contribution in [0.25, 0.3) is 0 Å². The lowest BCUT2D eigenvalue weighted by Gasteiger charge is -2.17. The number of rotatable bonds is 5. The fourth-order valence-electron chi connectivity index (χ4n) is 1.45. The van der Waals surface area contributed by atoms with Crippen molar-refractivity contribution in [2.75, 3.05) is 7.11 Å². The molecule has 0 fully saturated rings. The molecule has 8 nitrogen and oxygen atoms in total. The molecule has 0 spiro atoms. The minimum absolute atomic E-state index is 0.0404. The van der Waals surface area contributed by atoms with Gasteiger partial charge in [0, 0.05) is 11.1 Å². The van der Waals surface area contributed by atoms with Gasteiger partial charge < -0.3 is 20.3 Å². The van der Waals surface area contributed by atoms with Gasteiger partial charge in [0.25, 0.3) is 5.91 Å². The molecule has 0 saturated heterocycles. The molecule has 114 valence electrons. The first-order chi connectivity index (χ1) is 9.76. The van der Waals surface area contributed by atoms with Crippen molar-refractivity contribution in [1.29, 1.82) is 0 Å². The number of urea groups is 1. The number of primary amides is 1. The van der Waals surface area contributed by atoms with E-state index in [0.717, 1.165) is 6.07 Å². The Morgan fingerprint density at radius 3 is 2.48 bits per heavy atom. The minimum atomic E-state index is -1.31. The van der Waals surface area contributed by atoms with Crippen LogP contribution in [0, 0.1) is 0 Å². The second-order valence-corrected chi connectivity index (χ2v) is 4.34. The third kappa shape index (κ3) is 4.25. The van der Waals surface area contributed by atoms with Crippen LogP contribution in [0.2, 0.25) is 5.02 Å². The highest BCUT2D eigenvalue weighted by Gasteiger charge is 2.23. The number of carboxylic acids is 1. The molecule has 0 heterocycles. The summed E-state index contributed by atoms with van der Waals surface area (Å²) in [7, 11) is 1.29. The quantitative estimate of drug-likeness (QED) is 0.743. The number of imide groups is 1. The lowest BCUT2D eigenvalue weighted by Crippen LogP contribution is -2.42. The van der Waals surface area contributed by atoms with Crippen molar-refractivity contribution in [3.8, 4) is 11.5 Å². The van der Waals surface area contributed by atoms with Crippen LogP contribution in [0.3, 0.4) is 0 Å². The molecule has 0 saturated carbocycles. The van der Waals surface area contributed by atoms with E-state index in [1.807, 2.05) is 5.32 Å². The molecular weight excluding hydrogens is 304 g/mol. The number of halogens is 1. The molecule has 1 aromatic carbocycles. The molecule has 9 heteroatoms. The van der Waals surface area contributed by atoms with E-state index < -0.39 is 24.0 Å². The van der Waals surface area contributed by atoms with E-state index in [1.165, 1.54) is 20.1 Å². The SMILES string of the molecule is COc1cc(Cl)cc(C(=O)O)c1OC(C)C(=O)NC(N)=O. The molecule has 1 aromatic rings. The zero-order valence-corrected chi connectivity index (χ0v) is 11.9. The van der Waals surface area contributed by atoms with E-state index in [-0.39, 0.29) is 22.1 Å². The lowest BCUT2D eigenvalue weighted by molar-refractivity contribution is -0.126. The van der Waals surface area contributed by atoms with Crippen molar-refractivity contribution in [3.63, 3.8) is 0 Å². The van der Waals surface area contributed by atoms with Crippen LogP contribution in [-0.2, 0) is 4.79 Å². The van der Waals surface area contributed by atoms with E-state index in [1.54, 1.807) is 0 Å². The number of hydrogen-bond acceptors (Lipinski definition) is 5. The maximum atomic E-state index is 11.6. The van der Waals surface area contributed by atoms with Crippen molar-refractivity contribution >= 4 is 29.5 Å². The normalized spacial score (nSPS) is 11.4. The first kappa shape index (κ1) is 16.6. The average molecular weight is 317 g/mol. The van der Waals surface area contributed by atoms with Gasteiger partial charge in [0.15, 0.2) is 17.6 Å². The molecule has 0 radical (unpaired) electrons. The van der Waals surface area contributed by atoms with Crippen molar-refractivity contribution in [2.24, 2.45) is 5.73 Å². The predicted molar refractivity (Wildman–Crippen MR) is 72.8 cm³/mol. The number of amides is 3. The Bertz CT molecular complexity index is 589. The molecule has 1 atom stereocenters. The van der Waals surface area contributed by atoms with Gasteiger partial charge in [0.2, 0.25) is 0 Å². The molecule has 4 N–H and O–H groups in total. The van der Waals surface area contributed by atoms with Crippen LogP contribution in [0.1, 0.15) is 17.3 Å². The molecular formula is C12H13ClN2O6. The van der Waals surface area contributed by atoms with Gasteiger partial charge in [-0.25, -0.2) is 9.59 Å². The molecule has 0 aromatic heterocycles. The van der Waals surface area contributed by atoms with Gasteiger partial charge in [-0.15, -0.1) is 0 Å². The van der Waals surface area contributed by atoms with Gasteiger partial charge in [-0.1, -0.05) is 11.6 Å². The Kier molecular flexibility index (Phi) is 5.37. The summed E-state index contributed by atoms with van der Waals surface area (Å²) in [5.41, 5.74) is 4.54. The third-order valence-electron chi connectivity index (χ3n) is 2.38. The zero-order chi connectivity index (χ0) is 16.2. The van der Waals surface area contributed by atoms with Crippen molar-refractivity contribution in [2.45, 2.75) is 13.0 Å². The number of hydrogen-bond donors (Lipinski definition) is 3. The molecule has 0 bridgehead atoms. The van der Waals surface area contributed by atoms with Crippen LogP contribution < -0.4 is 20.5 Å². The van der Waals surface area contributed by atoms with Crippen molar-refractivity contribution < 1.29 is 29.0 Å². The lowest BCUT2D eigenvalue weighted by atomic mass is 10.2. The number of nitrogens with two attached hydrogens (primary N) is 1. The first-order valence-corrected chi connectivity index (χ1v) is 6.01. The van der Waals surface area contributed by atoms with Crippen molar-refractivity contribution in [3.05, 3.63) is 22.7 Å². The minimum Gasteiger partial charge on any atom is -0.493 e. The highest BCUT2D eigenvalue weighted by atomic mass is 35.5. The van der Waals surface area contributed by atoms with E-state index in [9.17, 15) is 14.4 Å². The van der Waals surface area contributed by atoms with Crippen molar-refractivity contribution in [1.82, 2.24) is 5.32 Å². The van der Waals surface area contributed by atoms with Crippen LogP contribution in [0.15, 0.2) is 12.1 Å². The topological polar surface area (TPSA) is 128 Å². The standard InChI is InChI=1S/C12H13ClN2O6/c1-5(10(16)15-12(14)19)21-9-7(11(17)18)3-6(13)4-8(9)20-2/h3-5H,1-2H3,(H,17,18)(H3,14,15,16,19). The summed E-state index contributed by atoms with van der Waals surface area (Å²) in [4.78, 5) is 33.4. The van der Waals surface area contributed by atoms with Gasteiger partial charge in [0.1, 0.15) is 5.56 Å². The van der Waals surface area contributed by atoms with Gasteiger partial charge in [-0.2, -0.15) is 0 Å². The Morgan fingerprint density at radius 2 is 2.00 bits per heavy atom. The molecule has 1 unspecified atom stereocenters. The summed E-state index contributed by atoms with van der Waals surface area (Å²) in [6.07, 6.45) is -1.18. The second-order valence-electron chi connectivity index (χ2n) is 3.90. The predicted octanol–water partition coefficient (Wildman–Crippen LogP) is 1.01. The molecule has 1 rings (SSSR count). The molecule has 0 aliphatic carbocycles. The van der Waals surface area contributed by atoms with Crippen LogP contribution in [0.5, 0.6) is 11.5 Å². The van der Waals surface area contributed by atoms with Crippen LogP contribution in [0.4, 0.5) is 4.79 Å². The summed E-state index contributed by atoms with van der Waals surface area (Å²) >= 11 is 5.77. The number of carbonyl (C=O) groups excluding carboxylic acids is 2. The maximum Gasteiger partial charge on any atom is 0.339 e. The summed E-state index contributed by atoms with van der Waals surface area (Å²) in [6, 6.07) is 1.44. The van der Waals surface area contributed by atoms with Crippen LogP contribution >= 0.6 is 11.6 Å². The second kappa shape index (κ2) is 6.80. The number of nitrogens with one attached hydrogen (secondary N) is 1. The number of carbonyl (C=O) groups is 3. The Morgan fingerprint density at radius 1 is 1.38 bits per heavy atom. The Balaban J connectivity index is 3.14. The Hall–Kier alpha value is -2.48.